The van der Waals surface area contributed by atoms with Crippen LogP contribution in [-0.2, 0) is 13.7 Å². The largest absolute Gasteiger partial charge is 0.489 e. The Labute approximate surface area is 175 Å². The van der Waals surface area contributed by atoms with Gasteiger partial charge >= 0.3 is 0 Å². The van der Waals surface area contributed by atoms with Crippen LogP contribution in [0.5, 0.6) is 5.75 Å². The van der Waals surface area contributed by atoms with E-state index in [2.05, 4.69) is 10.3 Å². The SMILES string of the molecule is Cc1c(C(=O)Nc2cccc(OCc3cccc(F)c3)c2)sc2ncn(C)c(=O)c12. The van der Waals surface area contributed by atoms with E-state index in [1.165, 1.54) is 34.4 Å². The number of ether oxygens (including phenoxy) is 1. The van der Waals surface area contributed by atoms with E-state index >= 15 is 0 Å². The first-order valence-corrected chi connectivity index (χ1v) is 9.97. The van der Waals surface area contributed by atoms with E-state index in [1.807, 2.05) is 0 Å². The van der Waals surface area contributed by atoms with Crippen LogP contribution < -0.4 is 15.6 Å². The minimum Gasteiger partial charge on any atom is -0.489 e. The third-order valence-corrected chi connectivity index (χ3v) is 5.80. The molecule has 0 radical (unpaired) electrons. The number of thiophene rings is 1. The van der Waals surface area contributed by atoms with Crippen molar-refractivity contribution in [3.63, 3.8) is 0 Å². The molecule has 0 fully saturated rings. The lowest BCUT2D eigenvalue weighted by Gasteiger charge is -2.09. The van der Waals surface area contributed by atoms with E-state index in [0.29, 0.717) is 37.7 Å². The van der Waals surface area contributed by atoms with Crippen molar-refractivity contribution in [3.05, 3.63) is 87.0 Å². The normalized spacial score (nSPS) is 10.9. The summed E-state index contributed by atoms with van der Waals surface area (Å²) in [5, 5.41) is 3.30. The van der Waals surface area contributed by atoms with Crippen molar-refractivity contribution in [3.8, 4) is 5.75 Å². The Morgan fingerprint density at radius 3 is 2.83 bits per heavy atom. The maximum atomic E-state index is 13.3. The molecule has 0 aliphatic heterocycles. The average molecular weight is 423 g/mol. The first kappa shape index (κ1) is 19.8. The van der Waals surface area contributed by atoms with Gasteiger partial charge in [-0.25, -0.2) is 9.37 Å². The predicted octanol–water partition coefficient (Wildman–Crippen LogP) is 4.27. The Kier molecular flexibility index (Phi) is 5.33. The van der Waals surface area contributed by atoms with E-state index in [9.17, 15) is 14.0 Å². The van der Waals surface area contributed by atoms with Crippen molar-refractivity contribution in [2.24, 2.45) is 7.05 Å². The van der Waals surface area contributed by atoms with Crippen LogP contribution in [0.15, 0.2) is 59.7 Å². The van der Waals surface area contributed by atoms with E-state index < -0.39 is 0 Å². The van der Waals surface area contributed by atoms with Crippen molar-refractivity contribution in [1.29, 1.82) is 0 Å². The minimum absolute atomic E-state index is 0.180. The van der Waals surface area contributed by atoms with Crippen LogP contribution in [0, 0.1) is 12.7 Å². The molecule has 0 atom stereocenters. The maximum absolute atomic E-state index is 13.3. The van der Waals surface area contributed by atoms with Gasteiger partial charge in [0.15, 0.2) is 0 Å². The fourth-order valence-corrected chi connectivity index (χ4v) is 4.10. The van der Waals surface area contributed by atoms with E-state index in [1.54, 1.807) is 50.4 Å². The molecule has 0 spiro atoms. The lowest BCUT2D eigenvalue weighted by molar-refractivity contribution is 0.103. The molecule has 0 saturated heterocycles. The maximum Gasteiger partial charge on any atom is 0.266 e. The van der Waals surface area contributed by atoms with Crippen LogP contribution in [0.2, 0.25) is 0 Å². The van der Waals surface area contributed by atoms with Crippen molar-refractivity contribution in [1.82, 2.24) is 9.55 Å². The highest BCUT2D eigenvalue weighted by Crippen LogP contribution is 2.28. The third kappa shape index (κ3) is 3.95. The number of aromatic nitrogens is 2. The highest BCUT2D eigenvalue weighted by Gasteiger charge is 2.19. The molecule has 1 N–H and O–H groups in total. The summed E-state index contributed by atoms with van der Waals surface area (Å²) in [5.41, 5.74) is 1.69. The number of hydrogen-bond acceptors (Lipinski definition) is 5. The van der Waals surface area contributed by atoms with Crippen LogP contribution in [-0.4, -0.2) is 15.5 Å². The molecule has 2 aromatic carbocycles. The lowest BCUT2D eigenvalue weighted by atomic mass is 10.2. The number of fused-ring (bicyclic) bond motifs is 1. The molecule has 0 aliphatic carbocycles. The molecule has 4 aromatic rings. The lowest BCUT2D eigenvalue weighted by Crippen LogP contribution is -2.17. The van der Waals surface area contributed by atoms with Gasteiger partial charge in [0.2, 0.25) is 0 Å². The highest BCUT2D eigenvalue weighted by atomic mass is 32.1. The van der Waals surface area contributed by atoms with Gasteiger partial charge < -0.3 is 14.6 Å². The van der Waals surface area contributed by atoms with Crippen LogP contribution in [0.3, 0.4) is 0 Å². The Balaban J connectivity index is 1.52. The molecule has 1 amide bonds. The zero-order chi connectivity index (χ0) is 21.3. The summed E-state index contributed by atoms with van der Waals surface area (Å²) in [5.74, 6) is -0.0966. The number of hydrogen-bond donors (Lipinski definition) is 1. The molecule has 0 saturated carbocycles. The second-order valence-electron chi connectivity index (χ2n) is 6.80. The summed E-state index contributed by atoms with van der Waals surface area (Å²) in [6, 6.07) is 13.1. The van der Waals surface area contributed by atoms with Crippen molar-refractivity contribution >= 4 is 33.1 Å². The first-order valence-electron chi connectivity index (χ1n) is 9.16. The summed E-state index contributed by atoms with van der Waals surface area (Å²) in [6.45, 7) is 1.95. The minimum atomic E-state index is -0.320. The van der Waals surface area contributed by atoms with Crippen molar-refractivity contribution in [2.75, 3.05) is 5.32 Å². The standard InChI is InChI=1S/C22H18FN3O3S/c1-13-18-21(24-12-26(2)22(18)28)30-19(13)20(27)25-16-7-4-8-17(10-16)29-11-14-5-3-6-15(23)9-14/h3-10,12H,11H2,1-2H3,(H,25,27). The van der Waals surface area contributed by atoms with Crippen LogP contribution in [0.1, 0.15) is 20.8 Å². The number of carbonyl (C=O) groups excluding carboxylic acids is 1. The molecule has 4 rings (SSSR count). The fraction of sp³-hybridized carbons (Fsp3) is 0.136. The van der Waals surface area contributed by atoms with Crippen molar-refractivity contribution < 1.29 is 13.9 Å². The molecule has 30 heavy (non-hydrogen) atoms. The fourth-order valence-electron chi connectivity index (χ4n) is 3.07. The molecule has 0 unspecified atom stereocenters. The molecule has 152 valence electrons. The zero-order valence-electron chi connectivity index (χ0n) is 16.3. The highest BCUT2D eigenvalue weighted by molar-refractivity contribution is 7.20. The molecular weight excluding hydrogens is 405 g/mol. The van der Waals surface area contributed by atoms with Gasteiger partial charge in [-0.1, -0.05) is 18.2 Å². The number of nitrogens with zero attached hydrogens (tertiary/aromatic N) is 2. The Hall–Kier alpha value is -3.52. The average Bonchev–Trinajstić information content (AvgIpc) is 3.07. The van der Waals surface area contributed by atoms with Crippen LogP contribution in [0.25, 0.3) is 10.2 Å². The molecule has 0 bridgehead atoms. The number of nitrogens with one attached hydrogen (secondary N) is 1. The first-order chi connectivity index (χ1) is 14.4. The predicted molar refractivity (Wildman–Crippen MR) is 115 cm³/mol. The van der Waals surface area contributed by atoms with E-state index in [4.69, 9.17) is 4.74 Å². The van der Waals surface area contributed by atoms with Crippen LogP contribution in [0.4, 0.5) is 10.1 Å². The molecule has 2 heterocycles. The van der Waals surface area contributed by atoms with Gasteiger partial charge in [0.05, 0.1) is 16.6 Å². The topological polar surface area (TPSA) is 73.2 Å². The Morgan fingerprint density at radius 1 is 1.23 bits per heavy atom. The third-order valence-electron chi connectivity index (χ3n) is 4.60. The summed E-state index contributed by atoms with van der Waals surface area (Å²) in [4.78, 5) is 30.4. The quantitative estimate of drug-likeness (QED) is 0.520. The smallest absolute Gasteiger partial charge is 0.266 e. The van der Waals surface area contributed by atoms with Crippen LogP contribution >= 0.6 is 11.3 Å². The van der Waals surface area contributed by atoms with Crippen molar-refractivity contribution in [2.45, 2.75) is 13.5 Å². The van der Waals surface area contributed by atoms with Gasteiger partial charge in [-0.2, -0.15) is 0 Å². The number of carbonyl (C=O) groups is 1. The van der Waals surface area contributed by atoms with E-state index in [0.717, 1.165) is 0 Å². The second-order valence-corrected chi connectivity index (χ2v) is 7.80. The molecule has 0 aliphatic rings. The summed E-state index contributed by atoms with van der Waals surface area (Å²) >= 11 is 1.18. The Bertz CT molecular complexity index is 1310. The monoisotopic (exact) mass is 423 g/mol. The van der Waals surface area contributed by atoms with Gasteiger partial charge in [0, 0.05) is 18.8 Å². The van der Waals surface area contributed by atoms with E-state index in [-0.39, 0.29) is 23.9 Å². The summed E-state index contributed by atoms with van der Waals surface area (Å²) in [6.07, 6.45) is 1.45. The number of benzene rings is 2. The van der Waals surface area contributed by atoms with Gasteiger partial charge in [-0.05, 0) is 42.3 Å². The number of rotatable bonds is 5. The second kappa shape index (κ2) is 8.08. The summed E-state index contributed by atoms with van der Waals surface area (Å²) in [7, 11) is 1.63. The number of amides is 1. The van der Waals surface area contributed by atoms with Gasteiger partial charge in [0.1, 0.15) is 23.0 Å². The molecule has 8 heteroatoms. The summed E-state index contributed by atoms with van der Waals surface area (Å²) < 4.78 is 20.4. The van der Waals surface area contributed by atoms with Gasteiger partial charge in [-0.3, -0.25) is 9.59 Å². The molecule has 6 nitrogen and oxygen atoms in total. The number of aryl methyl sites for hydroxylation is 2. The molecule has 2 aromatic heterocycles. The van der Waals surface area contributed by atoms with Gasteiger partial charge in [0.25, 0.3) is 11.5 Å². The van der Waals surface area contributed by atoms with Gasteiger partial charge in [-0.15, -0.1) is 11.3 Å². The Morgan fingerprint density at radius 2 is 2.03 bits per heavy atom. The number of halogens is 1. The molecular formula is C22H18FN3O3S. The number of anilines is 1. The zero-order valence-corrected chi connectivity index (χ0v) is 17.1.